The number of nitrogens with two attached hydrogens (primary N) is 1. The van der Waals surface area contributed by atoms with E-state index in [0.29, 0.717) is 19.5 Å². The fraction of sp³-hybridized carbons (Fsp3) is 0.208. The number of carbonyl (C=O) groups is 1. The van der Waals surface area contributed by atoms with E-state index in [0.717, 1.165) is 17.2 Å². The van der Waals surface area contributed by atoms with Gasteiger partial charge in [0.25, 0.3) is 5.69 Å². The van der Waals surface area contributed by atoms with E-state index >= 15 is 0 Å². The quantitative estimate of drug-likeness (QED) is 0.318. The Morgan fingerprint density at radius 3 is 2.18 bits per heavy atom. The number of carbonyl (C=O) groups excluding carboxylic acids is 1. The first-order valence-electron chi connectivity index (χ1n) is 10.6. The van der Waals surface area contributed by atoms with E-state index in [2.05, 4.69) is 5.32 Å². The van der Waals surface area contributed by atoms with Crippen LogP contribution in [-0.4, -0.2) is 37.2 Å². The van der Waals surface area contributed by atoms with Crippen molar-refractivity contribution in [3.05, 3.63) is 100 Å². The second kappa shape index (κ2) is 11.4. The lowest BCUT2D eigenvalue weighted by molar-refractivity contribution is -0.384. The first-order chi connectivity index (χ1) is 16.2. The number of hydrogen-bond donors (Lipinski definition) is 2. The summed E-state index contributed by atoms with van der Waals surface area (Å²) in [5, 5.41) is 19.3. The van der Waals surface area contributed by atoms with Gasteiger partial charge in [-0.05, 0) is 29.7 Å². The van der Waals surface area contributed by atoms with Gasteiger partial charge in [0.05, 0.1) is 9.82 Å². The third kappa shape index (κ3) is 7.12. The molecule has 0 aromatic heterocycles. The van der Waals surface area contributed by atoms with E-state index in [9.17, 15) is 23.3 Å². The van der Waals surface area contributed by atoms with Gasteiger partial charge in [0.15, 0.2) is 0 Å². The van der Waals surface area contributed by atoms with Crippen molar-refractivity contribution in [1.29, 1.82) is 0 Å². The number of sulfonamides is 1. The average molecular weight is 483 g/mol. The van der Waals surface area contributed by atoms with Crippen molar-refractivity contribution >= 4 is 27.3 Å². The zero-order valence-electron chi connectivity index (χ0n) is 18.5. The highest BCUT2D eigenvalue weighted by Gasteiger charge is 2.20. The number of amides is 1. The van der Waals surface area contributed by atoms with Crippen molar-refractivity contribution < 1.29 is 18.1 Å². The molecule has 3 rings (SSSR count). The Morgan fingerprint density at radius 1 is 0.971 bits per heavy atom. The number of nitrogens with one attached hydrogen (secondary N) is 1. The number of primary sulfonamides is 1. The van der Waals surface area contributed by atoms with Crippen molar-refractivity contribution in [2.75, 3.05) is 18.4 Å². The number of benzene rings is 3. The third-order valence-corrected chi connectivity index (χ3v) is 6.14. The molecule has 0 atom stereocenters. The minimum Gasteiger partial charge on any atom is -0.379 e. The van der Waals surface area contributed by atoms with Crippen molar-refractivity contribution in [3.63, 3.8) is 0 Å². The molecule has 0 bridgehead atoms. The SMILES string of the molecule is NS(=O)(=O)c1ccc(NCCC(=O)N(CCc2ccccc2)Cc2ccccc2)c([N+](=O)[O-])c1. The summed E-state index contributed by atoms with van der Waals surface area (Å²) in [5.74, 6) is -0.101. The Balaban J connectivity index is 1.67. The van der Waals surface area contributed by atoms with Crippen LogP contribution in [0.5, 0.6) is 0 Å². The van der Waals surface area contributed by atoms with Crippen LogP contribution in [0.3, 0.4) is 0 Å². The van der Waals surface area contributed by atoms with Gasteiger partial charge in [-0.1, -0.05) is 60.7 Å². The lowest BCUT2D eigenvalue weighted by atomic mass is 10.1. The van der Waals surface area contributed by atoms with Gasteiger partial charge in [0.1, 0.15) is 5.69 Å². The van der Waals surface area contributed by atoms with Crippen LogP contribution in [-0.2, 0) is 27.8 Å². The molecule has 0 saturated carbocycles. The molecule has 3 aromatic carbocycles. The van der Waals surface area contributed by atoms with Crippen LogP contribution in [0, 0.1) is 10.1 Å². The van der Waals surface area contributed by atoms with Gasteiger partial charge in [0.2, 0.25) is 15.9 Å². The topological polar surface area (TPSA) is 136 Å². The normalized spacial score (nSPS) is 11.1. The van der Waals surface area contributed by atoms with Gasteiger partial charge in [-0.15, -0.1) is 0 Å². The maximum Gasteiger partial charge on any atom is 0.293 e. The minimum absolute atomic E-state index is 0.101. The molecule has 0 aliphatic rings. The van der Waals surface area contributed by atoms with Gasteiger partial charge in [-0.3, -0.25) is 14.9 Å². The third-order valence-electron chi connectivity index (χ3n) is 5.23. The van der Waals surface area contributed by atoms with E-state index in [1.54, 1.807) is 4.90 Å². The predicted octanol–water partition coefficient (Wildman–Crippen LogP) is 3.32. The van der Waals surface area contributed by atoms with E-state index in [1.165, 1.54) is 12.1 Å². The van der Waals surface area contributed by atoms with Gasteiger partial charge in [0, 0.05) is 32.1 Å². The Morgan fingerprint density at radius 2 is 1.59 bits per heavy atom. The first kappa shape index (κ1) is 24.9. The minimum atomic E-state index is -4.07. The predicted molar refractivity (Wildman–Crippen MR) is 130 cm³/mol. The second-order valence-corrected chi connectivity index (χ2v) is 9.26. The van der Waals surface area contributed by atoms with Gasteiger partial charge >= 0.3 is 0 Å². The smallest absolute Gasteiger partial charge is 0.293 e. The maximum absolute atomic E-state index is 13.0. The highest BCUT2D eigenvalue weighted by Crippen LogP contribution is 2.27. The molecule has 3 N–H and O–H groups in total. The number of rotatable bonds is 11. The Bertz CT molecular complexity index is 1230. The summed E-state index contributed by atoms with van der Waals surface area (Å²) in [5.41, 5.74) is 1.82. The van der Waals surface area contributed by atoms with Crippen molar-refractivity contribution in [2.45, 2.75) is 24.3 Å². The van der Waals surface area contributed by atoms with E-state index in [1.807, 2.05) is 60.7 Å². The number of hydrogen-bond acceptors (Lipinski definition) is 6. The second-order valence-electron chi connectivity index (χ2n) is 7.69. The fourth-order valence-electron chi connectivity index (χ4n) is 3.46. The van der Waals surface area contributed by atoms with Gasteiger partial charge in [-0.2, -0.15) is 0 Å². The van der Waals surface area contributed by atoms with Crippen LogP contribution in [0.4, 0.5) is 11.4 Å². The molecule has 0 spiro atoms. The van der Waals surface area contributed by atoms with Crippen molar-refractivity contribution in [2.24, 2.45) is 5.14 Å². The molecule has 0 saturated heterocycles. The molecular weight excluding hydrogens is 456 g/mol. The van der Waals surface area contributed by atoms with Crippen molar-refractivity contribution in [1.82, 2.24) is 4.90 Å². The van der Waals surface area contributed by atoms with Crippen LogP contribution in [0.25, 0.3) is 0 Å². The summed E-state index contributed by atoms with van der Waals surface area (Å²) >= 11 is 0. The van der Waals surface area contributed by atoms with Crippen LogP contribution < -0.4 is 10.5 Å². The molecule has 0 fully saturated rings. The lowest BCUT2D eigenvalue weighted by Crippen LogP contribution is -2.33. The molecule has 9 nitrogen and oxygen atoms in total. The molecule has 0 heterocycles. The van der Waals surface area contributed by atoms with Gasteiger partial charge < -0.3 is 10.2 Å². The molecule has 1 amide bonds. The highest BCUT2D eigenvalue weighted by atomic mass is 32.2. The standard InChI is InChI=1S/C24H26N4O5S/c25-34(32,33)21-11-12-22(23(17-21)28(30)31)26-15-13-24(29)27(18-20-9-5-2-6-10-20)16-14-19-7-3-1-4-8-19/h1-12,17,26H,13-16,18H2,(H2,25,32,33). The molecular formula is C24H26N4O5S. The Labute approximate surface area is 198 Å². The molecule has 34 heavy (non-hydrogen) atoms. The van der Waals surface area contributed by atoms with E-state index in [4.69, 9.17) is 5.14 Å². The van der Waals surface area contributed by atoms with E-state index in [-0.39, 0.29) is 29.5 Å². The number of nitro benzene ring substituents is 1. The molecule has 3 aromatic rings. The average Bonchev–Trinajstić information content (AvgIpc) is 2.82. The highest BCUT2D eigenvalue weighted by molar-refractivity contribution is 7.89. The number of nitrogens with zero attached hydrogens (tertiary/aromatic N) is 2. The Kier molecular flexibility index (Phi) is 8.34. The summed E-state index contributed by atoms with van der Waals surface area (Å²) in [4.78, 5) is 25.1. The molecule has 0 aliphatic carbocycles. The number of anilines is 1. The Hall–Kier alpha value is -3.76. The summed E-state index contributed by atoms with van der Waals surface area (Å²) < 4.78 is 23.0. The zero-order valence-corrected chi connectivity index (χ0v) is 19.3. The lowest BCUT2D eigenvalue weighted by Gasteiger charge is -2.23. The number of nitro groups is 1. The summed E-state index contributed by atoms with van der Waals surface area (Å²) in [6.07, 6.45) is 0.809. The molecule has 0 aliphatic heterocycles. The molecule has 0 radical (unpaired) electrons. The van der Waals surface area contributed by atoms with Crippen LogP contribution in [0.15, 0.2) is 83.8 Å². The summed E-state index contributed by atoms with van der Waals surface area (Å²) in [7, 11) is -4.07. The largest absolute Gasteiger partial charge is 0.379 e. The van der Waals surface area contributed by atoms with Crippen molar-refractivity contribution in [3.8, 4) is 0 Å². The maximum atomic E-state index is 13.0. The van der Waals surface area contributed by atoms with Crippen LogP contribution >= 0.6 is 0 Å². The zero-order chi connectivity index (χ0) is 24.6. The first-order valence-corrected chi connectivity index (χ1v) is 12.2. The molecule has 178 valence electrons. The molecule has 10 heteroatoms. The van der Waals surface area contributed by atoms with E-state index < -0.39 is 20.6 Å². The monoisotopic (exact) mass is 482 g/mol. The van der Waals surface area contributed by atoms with Crippen LogP contribution in [0.2, 0.25) is 0 Å². The van der Waals surface area contributed by atoms with Crippen LogP contribution in [0.1, 0.15) is 17.5 Å². The molecule has 0 unspecified atom stereocenters. The fourth-order valence-corrected chi connectivity index (χ4v) is 3.99. The summed E-state index contributed by atoms with van der Waals surface area (Å²) in [6, 6.07) is 22.9. The van der Waals surface area contributed by atoms with Gasteiger partial charge in [-0.25, -0.2) is 13.6 Å². The summed E-state index contributed by atoms with van der Waals surface area (Å²) in [6.45, 7) is 1.13.